The molecule has 1 atom stereocenters. The molecule has 0 bridgehead atoms. The summed E-state index contributed by atoms with van der Waals surface area (Å²) >= 11 is 1.60. The van der Waals surface area contributed by atoms with Crippen molar-refractivity contribution in [1.82, 2.24) is 9.88 Å². The lowest BCUT2D eigenvalue weighted by atomic mass is 9.99. The Morgan fingerprint density at radius 2 is 2.09 bits per heavy atom. The molecule has 3 nitrogen and oxygen atoms in total. The predicted octanol–water partition coefficient (Wildman–Crippen LogP) is 3.69. The first-order valence-electron chi connectivity index (χ1n) is 7.81. The molecule has 0 aliphatic carbocycles. The van der Waals surface area contributed by atoms with Gasteiger partial charge in [0.2, 0.25) is 0 Å². The van der Waals surface area contributed by atoms with E-state index in [4.69, 9.17) is 4.98 Å². The van der Waals surface area contributed by atoms with Crippen molar-refractivity contribution in [2.24, 2.45) is 0 Å². The third kappa shape index (κ3) is 3.72. The van der Waals surface area contributed by atoms with E-state index in [0.29, 0.717) is 6.04 Å². The van der Waals surface area contributed by atoms with Crippen LogP contribution < -0.4 is 0 Å². The first kappa shape index (κ1) is 15.6. The summed E-state index contributed by atoms with van der Waals surface area (Å²) in [4.78, 5) is 7.12. The molecule has 2 heterocycles. The van der Waals surface area contributed by atoms with Crippen LogP contribution >= 0.6 is 11.3 Å². The average molecular weight is 320 g/mol. The van der Waals surface area contributed by atoms with Crippen molar-refractivity contribution in [2.75, 3.05) is 13.2 Å². The van der Waals surface area contributed by atoms with Crippen LogP contribution in [0.25, 0.3) is 10.6 Å². The fourth-order valence-corrected chi connectivity index (χ4v) is 3.87. The van der Waals surface area contributed by atoms with E-state index in [1.165, 1.54) is 25.0 Å². The smallest absolute Gasteiger partial charge is 0.123 e. The van der Waals surface area contributed by atoms with Gasteiger partial charge in [0.1, 0.15) is 10.8 Å². The third-order valence-electron chi connectivity index (χ3n) is 4.22. The molecule has 2 aromatic rings. The Morgan fingerprint density at radius 3 is 2.86 bits per heavy atom. The highest BCUT2D eigenvalue weighted by Gasteiger charge is 2.22. The molecule has 1 saturated heterocycles. The van der Waals surface area contributed by atoms with Crippen molar-refractivity contribution in [3.05, 3.63) is 41.2 Å². The first-order valence-corrected chi connectivity index (χ1v) is 8.69. The Balaban J connectivity index is 1.69. The van der Waals surface area contributed by atoms with Crippen molar-refractivity contribution in [1.29, 1.82) is 0 Å². The average Bonchev–Trinajstić information content (AvgIpc) is 2.99. The van der Waals surface area contributed by atoms with Crippen LogP contribution in [0, 0.1) is 5.82 Å². The number of halogens is 1. The molecule has 1 aromatic carbocycles. The van der Waals surface area contributed by atoms with Crippen LogP contribution in [-0.2, 0) is 6.54 Å². The Kier molecular flexibility index (Phi) is 5.18. The van der Waals surface area contributed by atoms with Gasteiger partial charge in [-0.05, 0) is 50.1 Å². The zero-order valence-corrected chi connectivity index (χ0v) is 13.4. The number of nitrogens with zero attached hydrogens (tertiary/aromatic N) is 2. The van der Waals surface area contributed by atoms with Crippen LogP contribution in [0.3, 0.4) is 0 Å². The minimum atomic E-state index is -0.222. The van der Waals surface area contributed by atoms with Gasteiger partial charge in [-0.1, -0.05) is 6.42 Å². The highest BCUT2D eigenvalue weighted by Crippen LogP contribution is 2.26. The number of aliphatic hydroxyl groups is 1. The van der Waals surface area contributed by atoms with E-state index in [0.717, 1.165) is 42.2 Å². The second-order valence-electron chi connectivity index (χ2n) is 5.78. The van der Waals surface area contributed by atoms with E-state index >= 15 is 0 Å². The molecule has 1 N–H and O–H groups in total. The molecule has 1 aliphatic heterocycles. The van der Waals surface area contributed by atoms with Crippen molar-refractivity contribution >= 4 is 11.3 Å². The summed E-state index contributed by atoms with van der Waals surface area (Å²) < 4.78 is 13.0. The predicted molar refractivity (Wildman–Crippen MR) is 87.3 cm³/mol. The molecule has 0 radical (unpaired) electrons. The van der Waals surface area contributed by atoms with Gasteiger partial charge in [-0.3, -0.25) is 4.90 Å². The molecule has 0 saturated carbocycles. The van der Waals surface area contributed by atoms with Gasteiger partial charge in [0.05, 0.1) is 5.69 Å². The Hall–Kier alpha value is -1.30. The van der Waals surface area contributed by atoms with Gasteiger partial charge in [-0.2, -0.15) is 0 Å². The Bertz CT molecular complexity index is 597. The molecule has 22 heavy (non-hydrogen) atoms. The topological polar surface area (TPSA) is 36.4 Å². The van der Waals surface area contributed by atoms with Crippen LogP contribution in [0.2, 0.25) is 0 Å². The summed E-state index contributed by atoms with van der Waals surface area (Å²) in [5.41, 5.74) is 2.03. The monoisotopic (exact) mass is 320 g/mol. The molecular formula is C17H21FN2OS. The SMILES string of the molecule is OCCC1CCCCN1Cc1csc(-c2ccc(F)cc2)n1. The Labute approximate surface area is 134 Å². The lowest BCUT2D eigenvalue weighted by molar-refractivity contribution is 0.111. The molecule has 1 aromatic heterocycles. The summed E-state index contributed by atoms with van der Waals surface area (Å²) in [6, 6.07) is 6.95. The minimum absolute atomic E-state index is 0.222. The Morgan fingerprint density at radius 1 is 1.27 bits per heavy atom. The quantitative estimate of drug-likeness (QED) is 0.913. The highest BCUT2D eigenvalue weighted by atomic mass is 32.1. The third-order valence-corrected chi connectivity index (χ3v) is 5.16. The van der Waals surface area contributed by atoms with E-state index in [1.807, 2.05) is 0 Å². The van der Waals surface area contributed by atoms with Crippen molar-refractivity contribution in [3.8, 4) is 10.6 Å². The highest BCUT2D eigenvalue weighted by molar-refractivity contribution is 7.13. The normalized spacial score (nSPS) is 19.5. The number of benzene rings is 1. The van der Waals surface area contributed by atoms with E-state index in [-0.39, 0.29) is 12.4 Å². The molecule has 1 fully saturated rings. The van der Waals surface area contributed by atoms with Crippen LogP contribution in [0.4, 0.5) is 4.39 Å². The van der Waals surface area contributed by atoms with Crippen LogP contribution in [0.15, 0.2) is 29.6 Å². The summed E-state index contributed by atoms with van der Waals surface area (Å²) in [6.45, 7) is 2.16. The number of likely N-dealkylation sites (tertiary alicyclic amines) is 1. The number of thiazole rings is 1. The molecular weight excluding hydrogens is 299 g/mol. The summed E-state index contributed by atoms with van der Waals surface area (Å²) in [5, 5.41) is 12.2. The van der Waals surface area contributed by atoms with Crippen molar-refractivity contribution in [3.63, 3.8) is 0 Å². The maximum absolute atomic E-state index is 13.0. The molecule has 1 aliphatic rings. The van der Waals surface area contributed by atoms with E-state index in [9.17, 15) is 9.50 Å². The molecule has 1 unspecified atom stereocenters. The summed E-state index contributed by atoms with van der Waals surface area (Å²) in [6.07, 6.45) is 4.47. The minimum Gasteiger partial charge on any atom is -0.396 e. The number of piperidine rings is 1. The van der Waals surface area contributed by atoms with Gasteiger partial charge in [-0.25, -0.2) is 9.37 Å². The first-order chi connectivity index (χ1) is 10.8. The zero-order chi connectivity index (χ0) is 15.4. The van der Waals surface area contributed by atoms with Crippen LogP contribution in [0.1, 0.15) is 31.4 Å². The van der Waals surface area contributed by atoms with E-state index < -0.39 is 0 Å². The second-order valence-corrected chi connectivity index (χ2v) is 6.64. The molecule has 0 amide bonds. The van der Waals surface area contributed by atoms with E-state index in [1.54, 1.807) is 23.5 Å². The molecule has 3 rings (SSSR count). The summed E-state index contributed by atoms with van der Waals surface area (Å²) in [5.74, 6) is -0.222. The number of hydrogen-bond acceptors (Lipinski definition) is 4. The number of aliphatic hydroxyl groups excluding tert-OH is 1. The van der Waals surface area contributed by atoms with Crippen molar-refractivity contribution in [2.45, 2.75) is 38.3 Å². The van der Waals surface area contributed by atoms with E-state index in [2.05, 4.69) is 10.3 Å². The van der Waals surface area contributed by atoms with Crippen LogP contribution in [0.5, 0.6) is 0 Å². The van der Waals surface area contributed by atoms with Gasteiger partial charge in [0, 0.05) is 30.1 Å². The fourth-order valence-electron chi connectivity index (χ4n) is 3.06. The lowest BCUT2D eigenvalue weighted by Crippen LogP contribution is -2.39. The van der Waals surface area contributed by atoms with Gasteiger partial charge < -0.3 is 5.11 Å². The number of hydrogen-bond donors (Lipinski definition) is 1. The zero-order valence-electron chi connectivity index (χ0n) is 12.5. The van der Waals surface area contributed by atoms with Gasteiger partial charge >= 0.3 is 0 Å². The number of aromatic nitrogens is 1. The molecule has 5 heteroatoms. The van der Waals surface area contributed by atoms with Gasteiger partial charge in [0.25, 0.3) is 0 Å². The van der Waals surface area contributed by atoms with Crippen molar-refractivity contribution < 1.29 is 9.50 Å². The molecule has 0 spiro atoms. The second kappa shape index (κ2) is 7.31. The standard InChI is InChI=1S/C17H21FN2OS/c18-14-6-4-13(5-7-14)17-19-15(12-22-17)11-20-9-2-1-3-16(20)8-10-21/h4-7,12,16,21H,1-3,8-11H2. The molecule has 118 valence electrons. The number of rotatable bonds is 5. The van der Waals surface area contributed by atoms with Gasteiger partial charge in [0.15, 0.2) is 0 Å². The van der Waals surface area contributed by atoms with Gasteiger partial charge in [-0.15, -0.1) is 11.3 Å². The maximum atomic E-state index is 13.0. The largest absolute Gasteiger partial charge is 0.396 e. The fraction of sp³-hybridized carbons (Fsp3) is 0.471. The maximum Gasteiger partial charge on any atom is 0.123 e. The lowest BCUT2D eigenvalue weighted by Gasteiger charge is -2.35. The van der Waals surface area contributed by atoms with Crippen LogP contribution in [-0.4, -0.2) is 34.2 Å². The summed E-state index contributed by atoms with van der Waals surface area (Å²) in [7, 11) is 0.